The Bertz CT molecular complexity index is 450. The van der Waals surface area contributed by atoms with Gasteiger partial charge < -0.3 is 9.52 Å². The van der Waals surface area contributed by atoms with Crippen LogP contribution < -0.4 is 0 Å². The molecule has 6 heteroatoms. The summed E-state index contributed by atoms with van der Waals surface area (Å²) in [5, 5.41) is 14.9. The molecule has 0 bridgehead atoms. The van der Waals surface area contributed by atoms with Gasteiger partial charge in [0.15, 0.2) is 0 Å². The fourth-order valence-electron chi connectivity index (χ4n) is 1.33. The molecule has 0 amide bonds. The first-order valence-corrected chi connectivity index (χ1v) is 5.24. The second-order valence-electron chi connectivity index (χ2n) is 3.05. The number of aliphatic hydroxyl groups excluding tert-OH is 1. The lowest BCUT2D eigenvalue weighted by molar-refractivity contribution is 0.277. The summed E-state index contributed by atoms with van der Waals surface area (Å²) in [5.74, 6) is 0. The Morgan fingerprint density at radius 3 is 3.00 bits per heavy atom. The van der Waals surface area contributed by atoms with E-state index in [1.165, 1.54) is 18.0 Å². The summed E-state index contributed by atoms with van der Waals surface area (Å²) in [7, 11) is 1.83. The van der Waals surface area contributed by atoms with Crippen molar-refractivity contribution in [3.05, 3.63) is 23.7 Å². The highest BCUT2D eigenvalue weighted by Crippen LogP contribution is 2.30. The number of rotatable bonds is 3. The van der Waals surface area contributed by atoms with Crippen LogP contribution in [0.2, 0.25) is 0 Å². The van der Waals surface area contributed by atoms with Gasteiger partial charge in [0.2, 0.25) is 0 Å². The van der Waals surface area contributed by atoms with Gasteiger partial charge in [0.05, 0.1) is 18.5 Å². The quantitative estimate of drug-likeness (QED) is 0.854. The second kappa shape index (κ2) is 4.08. The lowest BCUT2D eigenvalue weighted by Crippen LogP contribution is -1.93. The molecule has 5 nitrogen and oxygen atoms in total. The van der Waals surface area contributed by atoms with Gasteiger partial charge in [-0.1, -0.05) is 0 Å². The first kappa shape index (κ1) is 10.3. The Morgan fingerprint density at radius 2 is 2.40 bits per heavy atom. The molecule has 0 unspecified atom stereocenters. The van der Waals surface area contributed by atoms with Crippen molar-refractivity contribution in [2.24, 2.45) is 7.05 Å². The Labute approximate surface area is 91.1 Å². The van der Waals surface area contributed by atoms with E-state index in [4.69, 9.17) is 4.42 Å². The first-order valence-electron chi connectivity index (χ1n) is 4.43. The van der Waals surface area contributed by atoms with E-state index in [1.807, 2.05) is 14.0 Å². The van der Waals surface area contributed by atoms with Crippen molar-refractivity contribution >= 4 is 11.8 Å². The molecule has 80 valence electrons. The molecule has 0 saturated heterocycles. The Balaban J connectivity index is 2.35. The number of aliphatic hydroxyl groups is 1. The highest BCUT2D eigenvalue weighted by atomic mass is 32.2. The molecular weight excluding hydrogens is 214 g/mol. The predicted octanol–water partition coefficient (Wildman–Crippen LogP) is 1.36. The van der Waals surface area contributed by atoms with Crippen molar-refractivity contribution in [2.75, 3.05) is 0 Å². The lowest BCUT2D eigenvalue weighted by Gasteiger charge is -2.00. The molecule has 0 fully saturated rings. The van der Waals surface area contributed by atoms with E-state index in [0.717, 1.165) is 16.3 Å². The SMILES string of the molecule is Cc1nn(C)c(Sc2ncco2)c1CO. The summed E-state index contributed by atoms with van der Waals surface area (Å²) >= 11 is 1.36. The average molecular weight is 225 g/mol. The van der Waals surface area contributed by atoms with Crippen molar-refractivity contribution in [2.45, 2.75) is 23.8 Å². The monoisotopic (exact) mass is 225 g/mol. The first-order chi connectivity index (χ1) is 7.22. The minimum absolute atomic E-state index is 0.0251. The van der Waals surface area contributed by atoms with E-state index in [1.54, 1.807) is 10.9 Å². The summed E-state index contributed by atoms with van der Waals surface area (Å²) < 4.78 is 6.85. The molecule has 0 aromatic carbocycles. The molecule has 2 aromatic heterocycles. The van der Waals surface area contributed by atoms with E-state index in [2.05, 4.69) is 10.1 Å². The molecule has 2 rings (SSSR count). The maximum atomic E-state index is 9.22. The van der Waals surface area contributed by atoms with Crippen LogP contribution in [0.5, 0.6) is 0 Å². The molecule has 1 N–H and O–H groups in total. The minimum Gasteiger partial charge on any atom is -0.440 e. The smallest absolute Gasteiger partial charge is 0.261 e. The van der Waals surface area contributed by atoms with Crippen LogP contribution in [-0.4, -0.2) is 19.9 Å². The Kier molecular flexibility index (Phi) is 2.79. The topological polar surface area (TPSA) is 64.1 Å². The summed E-state index contributed by atoms with van der Waals surface area (Å²) in [5.41, 5.74) is 1.65. The van der Waals surface area contributed by atoms with Crippen LogP contribution in [0.4, 0.5) is 0 Å². The van der Waals surface area contributed by atoms with Crippen molar-refractivity contribution in [1.29, 1.82) is 0 Å². The highest BCUT2D eigenvalue weighted by Gasteiger charge is 2.15. The van der Waals surface area contributed by atoms with Gasteiger partial charge in [-0.05, 0) is 18.7 Å². The van der Waals surface area contributed by atoms with Crippen LogP contribution in [0.1, 0.15) is 11.3 Å². The molecule has 0 atom stereocenters. The number of hydrogen-bond acceptors (Lipinski definition) is 5. The predicted molar refractivity (Wildman–Crippen MR) is 54.5 cm³/mol. The van der Waals surface area contributed by atoms with Crippen LogP contribution in [0.15, 0.2) is 27.1 Å². The van der Waals surface area contributed by atoms with Gasteiger partial charge in [-0.2, -0.15) is 5.10 Å². The van der Waals surface area contributed by atoms with E-state index in [0.29, 0.717) is 5.22 Å². The van der Waals surface area contributed by atoms with Crippen molar-refractivity contribution < 1.29 is 9.52 Å². The molecule has 2 heterocycles. The maximum Gasteiger partial charge on any atom is 0.261 e. The molecule has 15 heavy (non-hydrogen) atoms. The zero-order valence-corrected chi connectivity index (χ0v) is 9.28. The van der Waals surface area contributed by atoms with E-state index < -0.39 is 0 Å². The minimum atomic E-state index is -0.0251. The number of nitrogens with zero attached hydrogens (tertiary/aromatic N) is 3. The summed E-state index contributed by atoms with van der Waals surface area (Å²) in [6.45, 7) is 1.84. The van der Waals surface area contributed by atoms with Gasteiger partial charge in [-0.3, -0.25) is 4.68 Å². The van der Waals surface area contributed by atoms with Crippen LogP contribution >= 0.6 is 11.8 Å². The average Bonchev–Trinajstić information content (AvgIpc) is 2.77. The van der Waals surface area contributed by atoms with E-state index in [-0.39, 0.29) is 6.61 Å². The second-order valence-corrected chi connectivity index (χ2v) is 3.99. The van der Waals surface area contributed by atoms with Gasteiger partial charge >= 0.3 is 0 Å². The number of oxazole rings is 1. The number of aromatic nitrogens is 3. The Hall–Kier alpha value is -1.27. The summed E-state index contributed by atoms with van der Waals surface area (Å²) in [4.78, 5) is 4.01. The molecule has 0 saturated carbocycles. The van der Waals surface area contributed by atoms with Gasteiger partial charge in [0, 0.05) is 12.6 Å². The molecule has 0 spiro atoms. The maximum absolute atomic E-state index is 9.22. The van der Waals surface area contributed by atoms with Gasteiger partial charge in [0.25, 0.3) is 5.22 Å². The summed E-state index contributed by atoms with van der Waals surface area (Å²) in [6, 6.07) is 0. The fraction of sp³-hybridized carbons (Fsp3) is 0.333. The molecule has 0 aliphatic heterocycles. The van der Waals surface area contributed by atoms with Gasteiger partial charge in [-0.15, -0.1) is 0 Å². The van der Waals surface area contributed by atoms with Crippen LogP contribution in [-0.2, 0) is 13.7 Å². The third kappa shape index (κ3) is 1.91. The van der Waals surface area contributed by atoms with Crippen LogP contribution in [0, 0.1) is 6.92 Å². The zero-order chi connectivity index (χ0) is 10.8. The summed E-state index contributed by atoms with van der Waals surface area (Å²) in [6.07, 6.45) is 3.11. The zero-order valence-electron chi connectivity index (χ0n) is 8.47. The Morgan fingerprint density at radius 1 is 1.60 bits per heavy atom. The normalized spacial score (nSPS) is 10.9. The lowest BCUT2D eigenvalue weighted by atomic mass is 10.3. The van der Waals surface area contributed by atoms with Crippen molar-refractivity contribution in [3.63, 3.8) is 0 Å². The third-order valence-electron chi connectivity index (χ3n) is 2.04. The van der Waals surface area contributed by atoms with E-state index in [9.17, 15) is 5.11 Å². The molecule has 0 aliphatic rings. The third-order valence-corrected chi connectivity index (χ3v) is 3.12. The fourth-order valence-corrected chi connectivity index (χ4v) is 2.23. The number of aryl methyl sites for hydroxylation is 2. The molecule has 0 radical (unpaired) electrons. The molecular formula is C9H11N3O2S. The molecule has 2 aromatic rings. The van der Waals surface area contributed by atoms with Crippen molar-refractivity contribution in [1.82, 2.24) is 14.8 Å². The largest absolute Gasteiger partial charge is 0.440 e. The van der Waals surface area contributed by atoms with E-state index >= 15 is 0 Å². The van der Waals surface area contributed by atoms with Crippen LogP contribution in [0.25, 0.3) is 0 Å². The van der Waals surface area contributed by atoms with Crippen molar-refractivity contribution in [3.8, 4) is 0 Å². The molecule has 0 aliphatic carbocycles. The standard InChI is InChI=1S/C9H11N3O2S/c1-6-7(5-13)8(12(2)11-6)15-9-10-3-4-14-9/h3-4,13H,5H2,1-2H3. The van der Waals surface area contributed by atoms with Gasteiger partial charge in [0.1, 0.15) is 11.3 Å². The van der Waals surface area contributed by atoms with Gasteiger partial charge in [-0.25, -0.2) is 4.98 Å². The highest BCUT2D eigenvalue weighted by molar-refractivity contribution is 7.99. The van der Waals surface area contributed by atoms with Crippen LogP contribution in [0.3, 0.4) is 0 Å². The number of hydrogen-bond donors (Lipinski definition) is 1.